The quantitative estimate of drug-likeness (QED) is 0.201. The fourth-order valence-electron chi connectivity index (χ4n) is 7.32. The van der Waals surface area contributed by atoms with E-state index in [4.69, 9.17) is 16.1 Å². The third-order valence-electron chi connectivity index (χ3n) is 10.4. The van der Waals surface area contributed by atoms with Gasteiger partial charge in [-0.3, -0.25) is 9.88 Å². The van der Waals surface area contributed by atoms with E-state index in [1.807, 2.05) is 4.90 Å². The SMILES string of the molecule is C#Cc1cccc2cc(O)cc(-c3ncc4c(N5CC(CC)NC(CC)C5)nc(OCC5(CN6CC(C)C(F)(F)C6)CC5)nc4c3F)c12. The molecule has 0 bridgehead atoms. The minimum atomic E-state index is -2.70. The lowest BCUT2D eigenvalue weighted by atomic mass is 9.96. The minimum absolute atomic E-state index is 0.00243. The summed E-state index contributed by atoms with van der Waals surface area (Å²) in [5, 5.41) is 16.0. The maximum Gasteiger partial charge on any atom is 0.319 e. The predicted molar refractivity (Wildman–Crippen MR) is 181 cm³/mol. The summed E-state index contributed by atoms with van der Waals surface area (Å²) in [7, 11) is 0. The Kier molecular flexibility index (Phi) is 8.36. The van der Waals surface area contributed by atoms with E-state index in [0.29, 0.717) is 59.3 Å². The molecule has 1 aliphatic carbocycles. The first-order valence-corrected chi connectivity index (χ1v) is 16.9. The number of anilines is 1. The fourth-order valence-corrected chi connectivity index (χ4v) is 7.32. The third kappa shape index (κ3) is 6.01. The monoisotopic (exact) mass is 658 g/mol. The molecule has 7 rings (SSSR count). The number of piperazine rings is 1. The van der Waals surface area contributed by atoms with Crippen LogP contribution in [-0.4, -0.2) is 82.3 Å². The van der Waals surface area contributed by atoms with Crippen molar-refractivity contribution in [1.29, 1.82) is 0 Å². The molecule has 48 heavy (non-hydrogen) atoms. The van der Waals surface area contributed by atoms with Gasteiger partial charge >= 0.3 is 6.01 Å². The van der Waals surface area contributed by atoms with Crippen LogP contribution in [0.5, 0.6) is 11.8 Å². The Morgan fingerprint density at radius 3 is 2.50 bits per heavy atom. The topological polar surface area (TPSA) is 86.6 Å². The summed E-state index contributed by atoms with van der Waals surface area (Å²) in [5.41, 5.74) is 0.679. The highest BCUT2D eigenvalue weighted by Gasteiger charge is 2.51. The number of likely N-dealkylation sites (tertiary alicyclic amines) is 1. The van der Waals surface area contributed by atoms with Gasteiger partial charge in [0.15, 0.2) is 5.82 Å². The van der Waals surface area contributed by atoms with Crippen molar-refractivity contribution < 1.29 is 23.0 Å². The normalized spacial score (nSPS) is 23.4. The van der Waals surface area contributed by atoms with Crippen molar-refractivity contribution in [3.63, 3.8) is 0 Å². The molecule has 1 saturated carbocycles. The third-order valence-corrected chi connectivity index (χ3v) is 10.4. The summed E-state index contributed by atoms with van der Waals surface area (Å²) in [6.45, 7) is 8.02. The lowest BCUT2D eigenvalue weighted by Crippen LogP contribution is -2.56. The van der Waals surface area contributed by atoms with Crippen molar-refractivity contribution >= 4 is 27.5 Å². The summed E-state index contributed by atoms with van der Waals surface area (Å²) in [6.07, 6.45) is 10.9. The van der Waals surface area contributed by atoms with E-state index in [1.54, 1.807) is 37.4 Å². The van der Waals surface area contributed by atoms with E-state index < -0.39 is 17.7 Å². The molecule has 2 aromatic carbocycles. The van der Waals surface area contributed by atoms with Gasteiger partial charge in [-0.2, -0.15) is 9.97 Å². The number of fused-ring (bicyclic) bond motifs is 2. The number of terminal acetylenes is 1. The van der Waals surface area contributed by atoms with Crippen molar-refractivity contribution in [3.8, 4) is 35.4 Å². The van der Waals surface area contributed by atoms with Crippen LogP contribution in [0.15, 0.2) is 36.5 Å². The Morgan fingerprint density at radius 2 is 1.85 bits per heavy atom. The summed E-state index contributed by atoms with van der Waals surface area (Å²) in [4.78, 5) is 18.0. The largest absolute Gasteiger partial charge is 0.508 e. The van der Waals surface area contributed by atoms with E-state index in [2.05, 4.69) is 40.0 Å². The smallest absolute Gasteiger partial charge is 0.319 e. The van der Waals surface area contributed by atoms with Crippen molar-refractivity contribution in [3.05, 3.63) is 47.9 Å². The Morgan fingerprint density at radius 1 is 1.10 bits per heavy atom. The Labute approximate surface area is 278 Å². The standard InChI is InChI=1S/C37H41F3N6O2/c1-5-23-9-8-10-24-13-27(47)14-28(30(23)24)32-31(38)33-29(15-41-32)34(46-17-25(6-2)42-26(7-3)18-46)44-35(43-33)48-21-36(11-12-36)19-45-16-22(4)37(39,40)20-45/h1,8-10,13-15,22,25-26,42,47H,6-7,11-12,16-21H2,2-4H3. The Balaban J connectivity index is 1.30. The number of alkyl halides is 2. The van der Waals surface area contributed by atoms with Crippen molar-refractivity contribution in [2.24, 2.45) is 11.3 Å². The fraction of sp³-hybridized carbons (Fsp3) is 0.486. The summed E-state index contributed by atoms with van der Waals surface area (Å²) in [6, 6.07) is 8.88. The number of hydrogen-bond donors (Lipinski definition) is 2. The first-order chi connectivity index (χ1) is 23.0. The molecule has 2 aromatic heterocycles. The van der Waals surface area contributed by atoms with Crippen LogP contribution in [0.2, 0.25) is 0 Å². The average molecular weight is 659 g/mol. The van der Waals surface area contributed by atoms with Gasteiger partial charge in [0, 0.05) is 72.3 Å². The number of rotatable bonds is 9. The van der Waals surface area contributed by atoms with E-state index in [0.717, 1.165) is 25.7 Å². The number of hydrogen-bond acceptors (Lipinski definition) is 8. The van der Waals surface area contributed by atoms with Gasteiger partial charge in [-0.15, -0.1) is 6.42 Å². The second kappa shape index (κ2) is 12.4. The number of pyridine rings is 1. The zero-order chi connectivity index (χ0) is 33.8. The molecule has 0 spiro atoms. The van der Waals surface area contributed by atoms with Crippen LogP contribution < -0.4 is 15.0 Å². The molecular weight excluding hydrogens is 617 g/mol. The lowest BCUT2D eigenvalue weighted by molar-refractivity contribution is -0.0221. The lowest BCUT2D eigenvalue weighted by Gasteiger charge is -2.39. The molecule has 2 saturated heterocycles. The molecule has 252 valence electrons. The first kappa shape index (κ1) is 32.4. The number of phenolic OH excluding ortho intramolecular Hbond substituents is 1. The van der Waals surface area contributed by atoms with Crippen LogP contribution in [-0.2, 0) is 0 Å². The van der Waals surface area contributed by atoms with Crippen LogP contribution in [0.25, 0.3) is 32.9 Å². The maximum absolute atomic E-state index is 16.9. The molecule has 3 atom stereocenters. The van der Waals surface area contributed by atoms with Gasteiger partial charge in [-0.25, -0.2) is 13.2 Å². The number of nitrogens with one attached hydrogen (secondary N) is 1. The van der Waals surface area contributed by atoms with Gasteiger partial charge in [0.05, 0.1) is 18.5 Å². The van der Waals surface area contributed by atoms with Gasteiger partial charge in [-0.1, -0.05) is 38.8 Å². The highest BCUT2D eigenvalue weighted by molar-refractivity contribution is 6.02. The van der Waals surface area contributed by atoms with Gasteiger partial charge in [0.1, 0.15) is 22.8 Å². The minimum Gasteiger partial charge on any atom is -0.508 e. The highest BCUT2D eigenvalue weighted by atomic mass is 19.3. The Bertz CT molecular complexity index is 1900. The zero-order valence-corrected chi connectivity index (χ0v) is 27.6. The van der Waals surface area contributed by atoms with Crippen LogP contribution >= 0.6 is 0 Å². The molecule has 11 heteroatoms. The van der Waals surface area contributed by atoms with Crippen LogP contribution in [0.1, 0.15) is 52.0 Å². The molecule has 3 fully saturated rings. The first-order valence-electron chi connectivity index (χ1n) is 16.9. The zero-order valence-electron chi connectivity index (χ0n) is 27.6. The van der Waals surface area contributed by atoms with Gasteiger partial charge in [-0.05, 0) is 49.3 Å². The average Bonchev–Trinajstić information content (AvgIpc) is 3.79. The van der Waals surface area contributed by atoms with E-state index in [-0.39, 0.29) is 53.6 Å². The summed E-state index contributed by atoms with van der Waals surface area (Å²) >= 11 is 0. The van der Waals surface area contributed by atoms with Crippen molar-refractivity contribution in [2.45, 2.75) is 64.5 Å². The summed E-state index contributed by atoms with van der Waals surface area (Å²) < 4.78 is 51.7. The van der Waals surface area contributed by atoms with Gasteiger partial charge in [0.25, 0.3) is 5.92 Å². The molecule has 3 unspecified atom stereocenters. The van der Waals surface area contributed by atoms with Crippen molar-refractivity contribution in [2.75, 3.05) is 44.2 Å². The number of ether oxygens (including phenoxy) is 1. The molecule has 4 aromatic rings. The number of halogens is 3. The molecule has 2 aliphatic heterocycles. The molecule has 8 nitrogen and oxygen atoms in total. The predicted octanol–water partition coefficient (Wildman–Crippen LogP) is 6.38. The van der Waals surface area contributed by atoms with Gasteiger partial charge in [0.2, 0.25) is 0 Å². The molecule has 3 aliphatic rings. The van der Waals surface area contributed by atoms with E-state index >= 15 is 4.39 Å². The molecule has 2 N–H and O–H groups in total. The van der Waals surface area contributed by atoms with E-state index in [1.165, 1.54) is 6.07 Å². The Hall–Kier alpha value is -4.14. The van der Waals surface area contributed by atoms with Crippen LogP contribution in [0.3, 0.4) is 0 Å². The van der Waals surface area contributed by atoms with Gasteiger partial charge < -0.3 is 20.1 Å². The number of aromatic hydroxyl groups is 1. The van der Waals surface area contributed by atoms with Crippen molar-refractivity contribution in [1.82, 2.24) is 25.2 Å². The van der Waals surface area contributed by atoms with Crippen LogP contribution in [0, 0.1) is 29.5 Å². The second-order valence-electron chi connectivity index (χ2n) is 14.0. The summed E-state index contributed by atoms with van der Waals surface area (Å²) in [5.74, 6) is -0.904. The second-order valence-corrected chi connectivity index (χ2v) is 14.0. The number of benzene rings is 2. The maximum atomic E-state index is 16.9. The number of phenols is 1. The molecule has 0 amide bonds. The molecule has 0 radical (unpaired) electrons. The van der Waals surface area contributed by atoms with Crippen LogP contribution in [0.4, 0.5) is 19.0 Å². The van der Waals surface area contributed by atoms with E-state index in [9.17, 15) is 13.9 Å². The highest BCUT2D eigenvalue weighted by Crippen LogP contribution is 2.48. The number of nitrogens with zero attached hydrogens (tertiary/aromatic N) is 5. The number of aromatic nitrogens is 3. The molecular formula is C37H41F3N6O2. The molecule has 4 heterocycles.